The number of benzene rings is 1. The molecule has 140 valence electrons. The standard InChI is InChI=1S/C19H20F3NO3/c1-9(7-23)6-12-13(19(12,3)4)18(24)26-8-11-10(2)14(20)17(25-5)16(22)15(11)21/h6,12-13H,8H2,1-5H3/t12-,13+/m1/s1. The minimum atomic E-state index is -1.46. The molecule has 0 aliphatic heterocycles. The van der Waals surface area contributed by atoms with Crippen LogP contribution in [0.15, 0.2) is 11.6 Å². The molecule has 7 heteroatoms. The Morgan fingerprint density at radius 1 is 1.27 bits per heavy atom. The third-order valence-electron chi connectivity index (χ3n) is 4.97. The quantitative estimate of drug-likeness (QED) is 0.444. The minimum absolute atomic E-state index is 0.176. The van der Waals surface area contributed by atoms with Gasteiger partial charge in [0.25, 0.3) is 0 Å². The fraction of sp³-hybridized carbons (Fsp3) is 0.474. The molecule has 0 spiro atoms. The van der Waals surface area contributed by atoms with Gasteiger partial charge in [-0.2, -0.15) is 9.65 Å². The van der Waals surface area contributed by atoms with E-state index in [9.17, 15) is 18.0 Å². The number of ether oxygens (including phenoxy) is 2. The Balaban J connectivity index is 2.18. The first-order chi connectivity index (χ1) is 12.1. The van der Waals surface area contributed by atoms with Gasteiger partial charge in [-0.15, -0.1) is 0 Å². The van der Waals surface area contributed by atoms with Gasteiger partial charge in [-0.3, -0.25) is 4.79 Å². The molecule has 1 aliphatic rings. The molecule has 0 radical (unpaired) electrons. The maximum Gasteiger partial charge on any atom is 0.310 e. The zero-order chi connectivity index (χ0) is 19.8. The maximum absolute atomic E-state index is 14.1. The van der Waals surface area contributed by atoms with Crippen LogP contribution in [0.1, 0.15) is 31.9 Å². The number of allylic oxidation sites excluding steroid dienone is 2. The minimum Gasteiger partial charge on any atom is -0.491 e. The molecule has 0 saturated heterocycles. The van der Waals surface area contributed by atoms with E-state index in [2.05, 4.69) is 4.74 Å². The van der Waals surface area contributed by atoms with Crippen molar-refractivity contribution in [2.45, 2.75) is 34.3 Å². The molecule has 4 nitrogen and oxygen atoms in total. The molecule has 0 aromatic heterocycles. The molecule has 0 amide bonds. The van der Waals surface area contributed by atoms with E-state index in [4.69, 9.17) is 10.00 Å². The summed E-state index contributed by atoms with van der Waals surface area (Å²) in [6.07, 6.45) is 1.70. The molecular weight excluding hydrogens is 347 g/mol. The first kappa shape index (κ1) is 19.8. The number of methoxy groups -OCH3 is 1. The molecule has 0 N–H and O–H groups in total. The van der Waals surface area contributed by atoms with E-state index in [1.165, 1.54) is 6.92 Å². The van der Waals surface area contributed by atoms with Crippen molar-refractivity contribution in [1.29, 1.82) is 5.26 Å². The number of carbonyl (C=O) groups is 1. The predicted octanol–water partition coefficient (Wildman–Crippen LogP) is 4.21. The highest BCUT2D eigenvalue weighted by molar-refractivity contribution is 5.78. The summed E-state index contributed by atoms with van der Waals surface area (Å²) in [5.74, 6) is -5.88. The summed E-state index contributed by atoms with van der Waals surface area (Å²) in [7, 11) is 1.03. The Kier molecular flexibility index (Phi) is 5.36. The summed E-state index contributed by atoms with van der Waals surface area (Å²) in [4.78, 5) is 12.3. The van der Waals surface area contributed by atoms with Crippen LogP contribution in [0.4, 0.5) is 13.2 Å². The summed E-state index contributed by atoms with van der Waals surface area (Å²) in [5.41, 5.74) is -0.466. The number of hydrogen-bond acceptors (Lipinski definition) is 4. The second kappa shape index (κ2) is 7.02. The number of carbonyl (C=O) groups excluding carboxylic acids is 1. The van der Waals surface area contributed by atoms with Crippen molar-refractivity contribution in [3.63, 3.8) is 0 Å². The number of esters is 1. The number of hydrogen-bond donors (Lipinski definition) is 0. The Hall–Kier alpha value is -2.49. The second-order valence-corrected chi connectivity index (χ2v) is 6.97. The average Bonchev–Trinajstić information content (AvgIpc) is 3.13. The SMILES string of the molecule is COc1c(F)c(C)c(COC(=O)[C@@H]2[C@@H](C=C(C)C#N)C2(C)C)c(F)c1F. The van der Waals surface area contributed by atoms with Crippen LogP contribution in [0.5, 0.6) is 5.75 Å². The number of rotatable bonds is 5. The molecule has 0 heterocycles. The zero-order valence-electron chi connectivity index (χ0n) is 15.2. The van der Waals surface area contributed by atoms with Crippen LogP contribution in [0.25, 0.3) is 0 Å². The first-order valence-electron chi connectivity index (χ1n) is 8.02. The third-order valence-corrected chi connectivity index (χ3v) is 4.97. The molecule has 1 aromatic rings. The van der Waals surface area contributed by atoms with Gasteiger partial charge in [-0.1, -0.05) is 19.9 Å². The van der Waals surface area contributed by atoms with Crippen molar-refractivity contribution in [1.82, 2.24) is 0 Å². The smallest absolute Gasteiger partial charge is 0.310 e. The van der Waals surface area contributed by atoms with Gasteiger partial charge >= 0.3 is 5.97 Å². The number of halogens is 3. The summed E-state index contributed by atoms with van der Waals surface area (Å²) in [5, 5.41) is 8.86. The first-order valence-corrected chi connectivity index (χ1v) is 8.02. The summed E-state index contributed by atoms with van der Waals surface area (Å²) in [6, 6.07) is 1.99. The highest BCUT2D eigenvalue weighted by atomic mass is 19.2. The average molecular weight is 367 g/mol. The van der Waals surface area contributed by atoms with Gasteiger partial charge in [-0.05, 0) is 30.7 Å². The van der Waals surface area contributed by atoms with Crippen LogP contribution < -0.4 is 4.74 Å². The van der Waals surface area contributed by atoms with E-state index in [1.807, 2.05) is 19.9 Å². The van der Waals surface area contributed by atoms with E-state index >= 15 is 0 Å². The molecule has 0 unspecified atom stereocenters. The van der Waals surface area contributed by atoms with Gasteiger partial charge in [0.2, 0.25) is 5.82 Å². The molecule has 1 aliphatic carbocycles. The molecule has 2 atom stereocenters. The maximum atomic E-state index is 14.1. The molecular formula is C19H20F3NO3. The number of nitrogens with zero attached hydrogens (tertiary/aromatic N) is 1. The van der Waals surface area contributed by atoms with Crippen LogP contribution in [-0.4, -0.2) is 13.1 Å². The molecule has 2 rings (SSSR count). The van der Waals surface area contributed by atoms with Gasteiger partial charge in [-0.25, -0.2) is 8.78 Å². The zero-order valence-corrected chi connectivity index (χ0v) is 15.2. The Morgan fingerprint density at radius 2 is 1.88 bits per heavy atom. The normalized spacial score (nSPS) is 21.1. The van der Waals surface area contributed by atoms with Crippen LogP contribution in [-0.2, 0) is 16.1 Å². The van der Waals surface area contributed by atoms with Gasteiger partial charge < -0.3 is 9.47 Å². The van der Waals surface area contributed by atoms with E-state index in [1.54, 1.807) is 13.0 Å². The summed E-state index contributed by atoms with van der Waals surface area (Å²) >= 11 is 0. The summed E-state index contributed by atoms with van der Waals surface area (Å²) < 4.78 is 51.7. The van der Waals surface area contributed by atoms with Crippen molar-refractivity contribution < 1.29 is 27.4 Å². The second-order valence-electron chi connectivity index (χ2n) is 6.97. The van der Waals surface area contributed by atoms with Crippen molar-refractivity contribution in [2.24, 2.45) is 17.3 Å². The monoisotopic (exact) mass is 367 g/mol. The van der Waals surface area contributed by atoms with E-state index in [0.717, 1.165) is 7.11 Å². The van der Waals surface area contributed by atoms with E-state index < -0.39 is 47.1 Å². The van der Waals surface area contributed by atoms with Gasteiger partial charge in [0.15, 0.2) is 17.4 Å². The Morgan fingerprint density at radius 3 is 2.42 bits per heavy atom. The van der Waals surface area contributed by atoms with Crippen molar-refractivity contribution in [3.8, 4) is 11.8 Å². The van der Waals surface area contributed by atoms with Crippen molar-refractivity contribution in [3.05, 3.63) is 40.2 Å². The lowest BCUT2D eigenvalue weighted by molar-refractivity contribution is -0.147. The largest absolute Gasteiger partial charge is 0.491 e. The molecule has 1 saturated carbocycles. The highest BCUT2D eigenvalue weighted by Crippen LogP contribution is 2.59. The molecule has 1 fully saturated rings. The van der Waals surface area contributed by atoms with Gasteiger partial charge in [0.1, 0.15) is 6.61 Å². The lowest BCUT2D eigenvalue weighted by Gasteiger charge is -2.13. The topological polar surface area (TPSA) is 59.3 Å². The van der Waals surface area contributed by atoms with Crippen LogP contribution in [0.3, 0.4) is 0 Å². The van der Waals surface area contributed by atoms with Crippen LogP contribution in [0.2, 0.25) is 0 Å². The van der Waals surface area contributed by atoms with Crippen molar-refractivity contribution in [2.75, 3.05) is 7.11 Å². The lowest BCUT2D eigenvalue weighted by Crippen LogP contribution is -2.13. The summed E-state index contributed by atoms with van der Waals surface area (Å²) in [6.45, 7) is 6.01. The number of nitriles is 1. The molecule has 1 aromatic carbocycles. The van der Waals surface area contributed by atoms with E-state index in [-0.39, 0.29) is 17.0 Å². The molecule has 26 heavy (non-hydrogen) atoms. The van der Waals surface area contributed by atoms with Crippen molar-refractivity contribution >= 4 is 5.97 Å². The van der Waals surface area contributed by atoms with Gasteiger partial charge in [0.05, 0.1) is 19.1 Å². The molecule has 0 bridgehead atoms. The highest BCUT2D eigenvalue weighted by Gasteiger charge is 2.61. The van der Waals surface area contributed by atoms with Crippen LogP contribution >= 0.6 is 0 Å². The lowest BCUT2D eigenvalue weighted by atomic mass is 10.1. The fourth-order valence-electron chi connectivity index (χ4n) is 3.13. The van der Waals surface area contributed by atoms with Gasteiger partial charge in [0, 0.05) is 11.1 Å². The van der Waals surface area contributed by atoms with Crippen LogP contribution in [0, 0.1) is 53.0 Å². The Bertz CT molecular complexity index is 795. The predicted molar refractivity (Wildman–Crippen MR) is 87.5 cm³/mol. The Labute approximate surface area is 150 Å². The fourth-order valence-corrected chi connectivity index (χ4v) is 3.13. The third kappa shape index (κ3) is 3.28. The van der Waals surface area contributed by atoms with E-state index in [0.29, 0.717) is 5.57 Å².